The number of hydrogen-bond acceptors (Lipinski definition) is 3. The molecule has 0 bridgehead atoms. The number of halogens is 1. The molecule has 1 heterocycles. The highest BCUT2D eigenvalue weighted by atomic mass is 79.9. The Balaban J connectivity index is 1.97. The maximum atomic E-state index is 12.3. The van der Waals surface area contributed by atoms with E-state index >= 15 is 0 Å². The summed E-state index contributed by atoms with van der Waals surface area (Å²) in [6, 6.07) is 4.64. The van der Waals surface area contributed by atoms with E-state index in [2.05, 4.69) is 26.6 Å². The predicted octanol–water partition coefficient (Wildman–Crippen LogP) is 2.03. The Kier molecular flexibility index (Phi) is 5.25. The molecule has 124 valence electrons. The minimum Gasteiger partial charge on any atom is -0.480 e. The molecular formula is C15H18BrN3O4. The van der Waals surface area contributed by atoms with Crippen molar-refractivity contribution in [3.8, 4) is 0 Å². The van der Waals surface area contributed by atoms with Crippen LogP contribution in [0, 0.1) is 0 Å². The van der Waals surface area contributed by atoms with Crippen LogP contribution in [0.2, 0.25) is 0 Å². The molecular weight excluding hydrogens is 366 g/mol. The summed E-state index contributed by atoms with van der Waals surface area (Å²) in [4.78, 5) is 36.7. The lowest BCUT2D eigenvalue weighted by atomic mass is 10.2. The third kappa shape index (κ3) is 4.01. The van der Waals surface area contributed by atoms with Crippen molar-refractivity contribution in [2.75, 3.05) is 5.32 Å². The topological polar surface area (TPSA) is 98.7 Å². The summed E-state index contributed by atoms with van der Waals surface area (Å²) in [6.07, 6.45) is 0.379. The number of aliphatic carboxylic acids is 1. The molecule has 0 saturated carbocycles. The highest BCUT2D eigenvalue weighted by Crippen LogP contribution is 2.22. The molecule has 3 atom stereocenters. The summed E-state index contributed by atoms with van der Waals surface area (Å²) >= 11 is 3.30. The Morgan fingerprint density at radius 2 is 1.96 bits per heavy atom. The van der Waals surface area contributed by atoms with Crippen molar-refractivity contribution in [1.82, 2.24) is 10.2 Å². The summed E-state index contributed by atoms with van der Waals surface area (Å²) in [7, 11) is 0. The van der Waals surface area contributed by atoms with Crippen molar-refractivity contribution < 1.29 is 19.5 Å². The van der Waals surface area contributed by atoms with Crippen LogP contribution in [0.25, 0.3) is 0 Å². The number of nitrogens with zero attached hydrogens (tertiary/aromatic N) is 1. The number of carbonyl (C=O) groups excluding carboxylic acids is 2. The third-order valence-electron chi connectivity index (χ3n) is 3.79. The van der Waals surface area contributed by atoms with Gasteiger partial charge in [0.05, 0.1) is 0 Å². The second-order valence-corrected chi connectivity index (χ2v) is 6.42. The number of carboxylic acid groups (broad SMARTS) is 1. The first-order valence-electron chi connectivity index (χ1n) is 7.17. The largest absolute Gasteiger partial charge is 0.480 e. The fraction of sp³-hybridized carbons (Fsp3) is 0.400. The summed E-state index contributed by atoms with van der Waals surface area (Å²) in [5.41, 5.74) is 0.597. The number of hydrogen-bond donors (Lipinski definition) is 3. The zero-order valence-electron chi connectivity index (χ0n) is 12.7. The van der Waals surface area contributed by atoms with Crippen LogP contribution in [-0.4, -0.2) is 46.0 Å². The Hall–Kier alpha value is -2.09. The molecule has 1 aromatic carbocycles. The number of benzene rings is 1. The van der Waals surface area contributed by atoms with E-state index in [4.69, 9.17) is 5.11 Å². The van der Waals surface area contributed by atoms with Gasteiger partial charge < -0.3 is 20.6 Å². The second kappa shape index (κ2) is 6.99. The van der Waals surface area contributed by atoms with Crippen molar-refractivity contribution in [2.45, 2.75) is 38.4 Å². The first kappa shape index (κ1) is 17.3. The van der Waals surface area contributed by atoms with Gasteiger partial charge in [-0.3, -0.25) is 4.79 Å². The predicted molar refractivity (Wildman–Crippen MR) is 88.1 cm³/mol. The van der Waals surface area contributed by atoms with Crippen LogP contribution >= 0.6 is 15.9 Å². The third-order valence-corrected chi connectivity index (χ3v) is 4.31. The molecule has 1 unspecified atom stereocenters. The molecule has 3 N–H and O–H groups in total. The van der Waals surface area contributed by atoms with Gasteiger partial charge in [-0.25, -0.2) is 9.59 Å². The van der Waals surface area contributed by atoms with Gasteiger partial charge in [0.15, 0.2) is 0 Å². The molecule has 0 aromatic heterocycles. The van der Waals surface area contributed by atoms with Crippen molar-refractivity contribution in [2.24, 2.45) is 0 Å². The monoisotopic (exact) mass is 383 g/mol. The molecule has 1 aliphatic heterocycles. The smallest absolute Gasteiger partial charge is 0.326 e. The molecule has 1 aromatic rings. The second-order valence-electron chi connectivity index (χ2n) is 5.50. The number of anilines is 1. The lowest BCUT2D eigenvalue weighted by Crippen LogP contribution is -2.48. The number of urea groups is 1. The van der Waals surface area contributed by atoms with Crippen LogP contribution in [0.5, 0.6) is 0 Å². The van der Waals surface area contributed by atoms with Crippen LogP contribution < -0.4 is 10.6 Å². The van der Waals surface area contributed by atoms with Crippen molar-refractivity contribution >= 4 is 39.5 Å². The van der Waals surface area contributed by atoms with Crippen LogP contribution in [0.3, 0.4) is 0 Å². The fourth-order valence-corrected chi connectivity index (χ4v) is 2.89. The van der Waals surface area contributed by atoms with Gasteiger partial charge in [-0.15, -0.1) is 0 Å². The van der Waals surface area contributed by atoms with Gasteiger partial charge in [-0.2, -0.15) is 0 Å². The van der Waals surface area contributed by atoms with E-state index in [-0.39, 0.29) is 11.9 Å². The van der Waals surface area contributed by atoms with E-state index in [1.807, 2.05) is 0 Å². The molecule has 8 heteroatoms. The minimum absolute atomic E-state index is 0.244. The lowest BCUT2D eigenvalue weighted by molar-refractivity contribution is -0.149. The molecule has 23 heavy (non-hydrogen) atoms. The summed E-state index contributed by atoms with van der Waals surface area (Å²) in [6.45, 7) is 3.23. The Labute approximate surface area is 142 Å². The molecule has 0 aliphatic carbocycles. The molecule has 1 saturated heterocycles. The summed E-state index contributed by atoms with van der Waals surface area (Å²) in [5, 5.41) is 14.3. The Morgan fingerprint density at radius 3 is 2.52 bits per heavy atom. The number of rotatable bonds is 4. The van der Waals surface area contributed by atoms with Crippen molar-refractivity contribution in [3.63, 3.8) is 0 Å². The van der Waals surface area contributed by atoms with Gasteiger partial charge in [-0.1, -0.05) is 15.9 Å². The van der Waals surface area contributed by atoms with E-state index in [1.54, 1.807) is 31.2 Å². The van der Waals surface area contributed by atoms with Crippen LogP contribution in [0.15, 0.2) is 28.7 Å². The normalized spacial score (nSPS) is 21.9. The van der Waals surface area contributed by atoms with Crippen molar-refractivity contribution in [1.29, 1.82) is 0 Å². The number of nitrogens with one attached hydrogen (secondary N) is 2. The number of likely N-dealkylation sites (tertiary alicyclic amines) is 1. The number of carbonyl (C=O) groups is 3. The lowest BCUT2D eigenvalue weighted by Gasteiger charge is -2.25. The molecule has 3 amide bonds. The van der Waals surface area contributed by atoms with Gasteiger partial charge >= 0.3 is 12.0 Å². The van der Waals surface area contributed by atoms with Crippen LogP contribution in [0.1, 0.15) is 20.3 Å². The van der Waals surface area contributed by atoms with E-state index in [9.17, 15) is 14.4 Å². The SMILES string of the molecule is CC1C[C@H](NC(=O)Nc2ccc(Br)cc2)C(=O)N1[C@@H](C)C(=O)O. The standard InChI is InChI=1S/C15H18BrN3O4/c1-8-7-12(13(20)19(8)9(2)14(21)22)18-15(23)17-11-5-3-10(16)4-6-11/h3-6,8-9,12H,7H2,1-2H3,(H,21,22)(H2,17,18,23)/t8?,9-,12-/m0/s1. The quantitative estimate of drug-likeness (QED) is 0.740. The van der Waals surface area contributed by atoms with Gasteiger partial charge in [0, 0.05) is 16.2 Å². The van der Waals surface area contributed by atoms with E-state index in [0.29, 0.717) is 12.1 Å². The number of carboxylic acids is 1. The summed E-state index contributed by atoms with van der Waals surface area (Å²) < 4.78 is 0.890. The zero-order chi connectivity index (χ0) is 17.1. The molecule has 0 radical (unpaired) electrons. The highest BCUT2D eigenvalue weighted by Gasteiger charge is 2.42. The van der Waals surface area contributed by atoms with Gasteiger partial charge in [0.25, 0.3) is 0 Å². The molecule has 0 spiro atoms. The van der Waals surface area contributed by atoms with E-state index in [0.717, 1.165) is 4.47 Å². The number of amides is 3. The molecule has 7 nitrogen and oxygen atoms in total. The molecule has 1 aliphatic rings. The Bertz CT molecular complexity index is 620. The molecule has 2 rings (SSSR count). The zero-order valence-corrected chi connectivity index (χ0v) is 14.3. The maximum Gasteiger partial charge on any atom is 0.326 e. The van der Waals surface area contributed by atoms with Gasteiger partial charge in [-0.05, 0) is 44.5 Å². The Morgan fingerprint density at radius 1 is 1.35 bits per heavy atom. The van der Waals surface area contributed by atoms with Gasteiger partial charge in [0.2, 0.25) is 5.91 Å². The van der Waals surface area contributed by atoms with Crippen molar-refractivity contribution in [3.05, 3.63) is 28.7 Å². The first-order chi connectivity index (χ1) is 10.8. The van der Waals surface area contributed by atoms with E-state index < -0.39 is 24.1 Å². The fourth-order valence-electron chi connectivity index (χ4n) is 2.62. The first-order valence-corrected chi connectivity index (χ1v) is 7.97. The van der Waals surface area contributed by atoms with Gasteiger partial charge in [0.1, 0.15) is 12.1 Å². The average molecular weight is 384 g/mol. The van der Waals surface area contributed by atoms with Crippen LogP contribution in [0.4, 0.5) is 10.5 Å². The maximum absolute atomic E-state index is 12.3. The molecule has 1 fully saturated rings. The highest BCUT2D eigenvalue weighted by molar-refractivity contribution is 9.10. The van der Waals surface area contributed by atoms with E-state index in [1.165, 1.54) is 11.8 Å². The average Bonchev–Trinajstić information content (AvgIpc) is 2.75. The minimum atomic E-state index is -1.06. The summed E-state index contributed by atoms with van der Waals surface area (Å²) in [5.74, 6) is -1.44. The van der Waals surface area contributed by atoms with Crippen LogP contribution in [-0.2, 0) is 9.59 Å².